The number of rotatable bonds is 3. The monoisotopic (exact) mass is 373 g/mol. The van der Waals surface area contributed by atoms with Crippen molar-refractivity contribution in [1.29, 1.82) is 0 Å². The van der Waals surface area contributed by atoms with Crippen LogP contribution in [-0.4, -0.2) is 44.3 Å². The van der Waals surface area contributed by atoms with Crippen LogP contribution >= 0.6 is 0 Å². The second-order valence-corrected chi connectivity index (χ2v) is 6.15. The number of ketones is 1. The molecule has 2 heterocycles. The second kappa shape index (κ2) is 6.71. The molecular formula is C17H16FN5O4. The van der Waals surface area contributed by atoms with E-state index in [2.05, 4.69) is 10.2 Å². The fourth-order valence-corrected chi connectivity index (χ4v) is 2.78. The Morgan fingerprint density at radius 3 is 2.52 bits per heavy atom. The zero-order valence-corrected chi connectivity index (χ0v) is 14.8. The molecule has 3 rings (SSSR count). The van der Waals surface area contributed by atoms with Crippen LogP contribution in [0, 0.1) is 12.7 Å². The van der Waals surface area contributed by atoms with E-state index in [1.165, 1.54) is 26.2 Å². The van der Waals surface area contributed by atoms with Gasteiger partial charge in [0.25, 0.3) is 5.56 Å². The van der Waals surface area contributed by atoms with E-state index in [0.717, 1.165) is 20.5 Å². The summed E-state index contributed by atoms with van der Waals surface area (Å²) >= 11 is 0. The van der Waals surface area contributed by atoms with Gasteiger partial charge in [-0.25, -0.2) is 18.9 Å². The van der Waals surface area contributed by atoms with Gasteiger partial charge in [-0.2, -0.15) is 10.2 Å². The lowest BCUT2D eigenvalue weighted by Gasteiger charge is -2.20. The van der Waals surface area contributed by atoms with Crippen molar-refractivity contribution < 1.29 is 14.0 Å². The van der Waals surface area contributed by atoms with Gasteiger partial charge in [-0.05, 0) is 18.6 Å². The number of hydrogen-bond donors (Lipinski definition) is 0. The van der Waals surface area contributed by atoms with Crippen LogP contribution in [0.1, 0.15) is 22.7 Å². The number of halogens is 1. The highest BCUT2D eigenvalue weighted by Gasteiger charge is 2.35. The van der Waals surface area contributed by atoms with E-state index < -0.39 is 34.7 Å². The third kappa shape index (κ3) is 3.09. The Hall–Kier alpha value is -3.43. The highest BCUT2D eigenvalue weighted by molar-refractivity contribution is 6.42. The first kappa shape index (κ1) is 18.4. The van der Waals surface area contributed by atoms with Crippen molar-refractivity contribution in [3.05, 3.63) is 61.7 Å². The first-order valence-corrected chi connectivity index (χ1v) is 8.00. The minimum Gasteiger partial charge on any atom is -0.287 e. The van der Waals surface area contributed by atoms with Crippen molar-refractivity contribution >= 4 is 17.9 Å². The average molecular weight is 373 g/mol. The van der Waals surface area contributed by atoms with Crippen LogP contribution in [0.4, 0.5) is 4.39 Å². The summed E-state index contributed by atoms with van der Waals surface area (Å²) in [5.41, 5.74) is -1.22. The zero-order chi connectivity index (χ0) is 19.9. The normalized spacial score (nSPS) is 16.9. The van der Waals surface area contributed by atoms with Gasteiger partial charge in [0.1, 0.15) is 17.4 Å². The predicted molar refractivity (Wildman–Crippen MR) is 93.0 cm³/mol. The minimum atomic E-state index is -1.30. The molecule has 0 fully saturated rings. The van der Waals surface area contributed by atoms with Gasteiger partial charge < -0.3 is 0 Å². The third-order valence-electron chi connectivity index (χ3n) is 4.37. The number of nitrogens with zero attached hydrogens (tertiary/aromatic N) is 5. The van der Waals surface area contributed by atoms with Crippen LogP contribution in [-0.2, 0) is 23.2 Å². The second-order valence-electron chi connectivity index (χ2n) is 6.15. The maximum atomic E-state index is 14.1. The van der Waals surface area contributed by atoms with Crippen LogP contribution in [0.3, 0.4) is 0 Å². The number of aromatic nitrogens is 3. The lowest BCUT2D eigenvalue weighted by molar-refractivity contribution is -0.144. The summed E-state index contributed by atoms with van der Waals surface area (Å²) in [6.07, 6.45) is 1.12. The average Bonchev–Trinajstić information content (AvgIpc) is 2.62. The van der Waals surface area contributed by atoms with E-state index in [1.807, 2.05) is 0 Å². The fourth-order valence-electron chi connectivity index (χ4n) is 2.78. The van der Waals surface area contributed by atoms with Gasteiger partial charge in [0.2, 0.25) is 5.78 Å². The molecule has 0 saturated heterocycles. The minimum absolute atomic E-state index is 0.174. The highest BCUT2D eigenvalue weighted by atomic mass is 19.1. The molecule has 1 aliphatic heterocycles. The molecular weight excluding hydrogens is 357 g/mol. The van der Waals surface area contributed by atoms with E-state index >= 15 is 0 Å². The SMILES string of the molecule is Cc1cccc(F)c1Cn1c(=O)c(C2C=NN(C)C(=O)C2=O)nn(C)c1=O. The van der Waals surface area contributed by atoms with E-state index in [0.29, 0.717) is 5.56 Å². The lowest BCUT2D eigenvalue weighted by atomic mass is 10.00. The van der Waals surface area contributed by atoms with Crippen LogP contribution in [0.2, 0.25) is 0 Å². The van der Waals surface area contributed by atoms with Gasteiger partial charge >= 0.3 is 11.6 Å². The summed E-state index contributed by atoms with van der Waals surface area (Å²) in [4.78, 5) is 49.3. The van der Waals surface area contributed by atoms with Crippen LogP contribution in [0.5, 0.6) is 0 Å². The molecule has 1 atom stereocenters. The maximum absolute atomic E-state index is 14.1. The number of carbonyl (C=O) groups excluding carboxylic acids is 2. The Morgan fingerprint density at radius 2 is 1.85 bits per heavy atom. The molecule has 0 N–H and O–H groups in total. The van der Waals surface area contributed by atoms with Gasteiger partial charge in [0, 0.05) is 25.9 Å². The summed E-state index contributed by atoms with van der Waals surface area (Å²) in [5.74, 6) is -3.64. The Morgan fingerprint density at radius 1 is 1.15 bits per heavy atom. The zero-order valence-electron chi connectivity index (χ0n) is 14.8. The lowest BCUT2D eigenvalue weighted by Crippen LogP contribution is -2.47. The number of aryl methyl sites for hydroxylation is 2. The van der Waals surface area contributed by atoms with Gasteiger partial charge in [-0.3, -0.25) is 19.0 Å². The van der Waals surface area contributed by atoms with E-state index in [1.54, 1.807) is 13.0 Å². The Labute approximate surface area is 152 Å². The molecule has 1 unspecified atom stereocenters. The molecule has 10 heteroatoms. The molecule has 140 valence electrons. The largest absolute Gasteiger partial charge is 0.347 e. The predicted octanol–water partition coefficient (Wildman–Crippen LogP) is -0.452. The van der Waals surface area contributed by atoms with Crippen molar-refractivity contribution in [3.8, 4) is 0 Å². The van der Waals surface area contributed by atoms with Gasteiger partial charge in [0.15, 0.2) is 0 Å². The summed E-state index contributed by atoms with van der Waals surface area (Å²) in [6.45, 7) is 1.33. The Balaban J connectivity index is 2.16. The molecule has 0 saturated carbocycles. The summed E-state index contributed by atoms with van der Waals surface area (Å²) < 4.78 is 15.8. The first-order chi connectivity index (χ1) is 12.7. The van der Waals surface area contributed by atoms with E-state index in [-0.39, 0.29) is 17.8 Å². The molecule has 0 spiro atoms. The van der Waals surface area contributed by atoms with Crippen LogP contribution in [0.15, 0.2) is 32.9 Å². The highest BCUT2D eigenvalue weighted by Crippen LogP contribution is 2.15. The number of likely N-dealkylation sites (N-methyl/N-ethyl adjacent to an activating group) is 1. The molecule has 27 heavy (non-hydrogen) atoms. The van der Waals surface area contributed by atoms with Gasteiger partial charge in [0.05, 0.1) is 6.54 Å². The number of carbonyl (C=O) groups is 2. The summed E-state index contributed by atoms with van der Waals surface area (Å²) in [5, 5.41) is 8.45. The number of hydrogen-bond acceptors (Lipinski definition) is 6. The summed E-state index contributed by atoms with van der Waals surface area (Å²) in [6, 6.07) is 4.40. The van der Waals surface area contributed by atoms with Gasteiger partial charge in [-0.15, -0.1) is 0 Å². The van der Waals surface area contributed by atoms with Crippen molar-refractivity contribution in [2.75, 3.05) is 7.05 Å². The smallest absolute Gasteiger partial charge is 0.287 e. The quantitative estimate of drug-likeness (QED) is 0.678. The Kier molecular flexibility index (Phi) is 4.56. The molecule has 1 aliphatic rings. The Bertz CT molecular complexity index is 1080. The number of Topliss-reactive ketones (excluding diaryl/α,β-unsaturated/α-hetero) is 1. The molecule has 9 nitrogen and oxygen atoms in total. The van der Waals surface area contributed by atoms with Crippen molar-refractivity contribution in [3.63, 3.8) is 0 Å². The van der Waals surface area contributed by atoms with E-state index in [4.69, 9.17) is 0 Å². The molecule has 0 aliphatic carbocycles. The van der Waals surface area contributed by atoms with Crippen molar-refractivity contribution in [2.45, 2.75) is 19.4 Å². The summed E-state index contributed by atoms with van der Waals surface area (Å²) in [7, 11) is 2.61. The van der Waals surface area contributed by atoms with Gasteiger partial charge in [-0.1, -0.05) is 12.1 Å². The number of benzene rings is 1. The van der Waals surface area contributed by atoms with Crippen molar-refractivity contribution in [2.24, 2.45) is 12.1 Å². The third-order valence-corrected chi connectivity index (χ3v) is 4.37. The molecule has 0 bridgehead atoms. The van der Waals surface area contributed by atoms with Crippen molar-refractivity contribution in [1.82, 2.24) is 19.4 Å². The van der Waals surface area contributed by atoms with Crippen LogP contribution in [0.25, 0.3) is 0 Å². The standard InChI is InChI=1S/C17H16FN5O4/c1-9-5-4-6-12(18)11(9)8-23-15(25)13(20-22(3)17(23)27)10-7-19-21(2)16(26)14(10)24/h4-7,10H,8H2,1-3H3. The molecule has 2 aromatic rings. The van der Waals surface area contributed by atoms with E-state index in [9.17, 15) is 23.6 Å². The molecule has 0 radical (unpaired) electrons. The fraction of sp³-hybridized carbons (Fsp3) is 0.294. The maximum Gasteiger partial charge on any atom is 0.347 e. The first-order valence-electron chi connectivity index (χ1n) is 8.00. The number of hydrazone groups is 1. The van der Waals surface area contributed by atoms with Crippen LogP contribution < -0.4 is 11.2 Å². The molecule has 1 aromatic carbocycles. The molecule has 1 aromatic heterocycles. The topological polar surface area (TPSA) is 107 Å². The number of amides is 1. The molecule has 1 amide bonds.